The second-order valence-corrected chi connectivity index (χ2v) is 3.67. The fourth-order valence-electron chi connectivity index (χ4n) is 1.35. The standard InChI is InChI=1S/C12H22N4O2/c13-3-1-9-17-11-7-16(6-5-15)8-12-18-10-2-4-14/h1-2,5-12,15H2. The van der Waals surface area contributed by atoms with Gasteiger partial charge < -0.3 is 15.2 Å². The molecule has 0 amide bonds. The Kier molecular flexibility index (Phi) is 13.0. The SMILES string of the molecule is N#CCCOCCN(CCN)CCOCCC#N. The first kappa shape index (κ1) is 16.8. The molecule has 0 atom stereocenters. The van der Waals surface area contributed by atoms with Gasteiger partial charge in [0.05, 0.1) is 51.4 Å². The lowest BCUT2D eigenvalue weighted by molar-refractivity contribution is 0.0791. The summed E-state index contributed by atoms with van der Waals surface area (Å²) < 4.78 is 10.6. The summed E-state index contributed by atoms with van der Waals surface area (Å²) in [6, 6.07) is 4.06. The second-order valence-electron chi connectivity index (χ2n) is 3.67. The lowest BCUT2D eigenvalue weighted by Crippen LogP contribution is -2.35. The van der Waals surface area contributed by atoms with E-state index >= 15 is 0 Å². The van der Waals surface area contributed by atoms with Gasteiger partial charge in [0.2, 0.25) is 0 Å². The minimum absolute atomic E-state index is 0.425. The van der Waals surface area contributed by atoms with E-state index in [4.69, 9.17) is 25.7 Å². The van der Waals surface area contributed by atoms with Gasteiger partial charge in [0.15, 0.2) is 0 Å². The third-order valence-electron chi connectivity index (χ3n) is 2.27. The van der Waals surface area contributed by atoms with Crippen molar-refractivity contribution < 1.29 is 9.47 Å². The molecule has 0 rings (SSSR count). The van der Waals surface area contributed by atoms with Crippen molar-refractivity contribution in [2.24, 2.45) is 5.73 Å². The first-order chi connectivity index (χ1) is 8.85. The normalized spacial score (nSPS) is 10.2. The molecule has 0 aliphatic rings. The monoisotopic (exact) mass is 254 g/mol. The van der Waals surface area contributed by atoms with Crippen LogP contribution < -0.4 is 5.73 Å². The van der Waals surface area contributed by atoms with Crippen molar-refractivity contribution in [3.63, 3.8) is 0 Å². The van der Waals surface area contributed by atoms with Crippen LogP contribution >= 0.6 is 0 Å². The molecule has 0 aromatic rings. The van der Waals surface area contributed by atoms with Crippen LogP contribution in [0, 0.1) is 22.7 Å². The number of hydrogen-bond donors (Lipinski definition) is 1. The molecule has 0 fully saturated rings. The summed E-state index contributed by atoms with van der Waals surface area (Å²) in [5, 5.41) is 16.7. The molecule has 0 saturated carbocycles. The number of hydrogen-bond acceptors (Lipinski definition) is 6. The van der Waals surface area contributed by atoms with Crippen molar-refractivity contribution >= 4 is 0 Å². The van der Waals surface area contributed by atoms with E-state index in [0.717, 1.165) is 19.6 Å². The first-order valence-electron chi connectivity index (χ1n) is 6.17. The Morgan fingerprint density at radius 1 is 0.833 bits per heavy atom. The molecule has 2 N–H and O–H groups in total. The highest BCUT2D eigenvalue weighted by molar-refractivity contribution is 4.68. The van der Waals surface area contributed by atoms with Crippen LogP contribution in [0.1, 0.15) is 12.8 Å². The molecule has 0 saturated heterocycles. The van der Waals surface area contributed by atoms with Gasteiger partial charge in [-0.2, -0.15) is 10.5 Å². The third kappa shape index (κ3) is 11.3. The van der Waals surface area contributed by atoms with Gasteiger partial charge in [0.1, 0.15) is 0 Å². The predicted octanol–water partition coefficient (Wildman–Crippen LogP) is 0.108. The average molecular weight is 254 g/mol. The lowest BCUT2D eigenvalue weighted by Gasteiger charge is -2.21. The molecule has 0 aromatic carbocycles. The van der Waals surface area contributed by atoms with Crippen LogP contribution in [-0.2, 0) is 9.47 Å². The molecular weight excluding hydrogens is 232 g/mol. The summed E-state index contributed by atoms with van der Waals surface area (Å²) >= 11 is 0. The van der Waals surface area contributed by atoms with E-state index in [1.165, 1.54) is 0 Å². The van der Waals surface area contributed by atoms with Crippen LogP contribution in [0.5, 0.6) is 0 Å². The summed E-state index contributed by atoms with van der Waals surface area (Å²) in [7, 11) is 0. The minimum Gasteiger partial charge on any atom is -0.379 e. The number of ether oxygens (including phenoxy) is 2. The number of nitrogens with two attached hydrogens (primary N) is 1. The Hall–Kier alpha value is -1.18. The van der Waals surface area contributed by atoms with Crippen LogP contribution in [-0.4, -0.2) is 57.5 Å². The Morgan fingerprint density at radius 3 is 1.72 bits per heavy atom. The third-order valence-corrected chi connectivity index (χ3v) is 2.27. The van der Waals surface area contributed by atoms with E-state index in [-0.39, 0.29) is 0 Å². The Morgan fingerprint density at radius 2 is 1.33 bits per heavy atom. The second kappa shape index (κ2) is 13.9. The summed E-state index contributed by atoms with van der Waals surface area (Å²) in [6.45, 7) is 5.10. The fraction of sp³-hybridized carbons (Fsp3) is 0.833. The molecule has 0 bridgehead atoms. The van der Waals surface area contributed by atoms with Crippen molar-refractivity contribution in [3.05, 3.63) is 0 Å². The molecule has 0 radical (unpaired) electrons. The molecule has 0 aliphatic heterocycles. The van der Waals surface area contributed by atoms with E-state index in [1.807, 2.05) is 12.1 Å². The molecule has 0 spiro atoms. The summed E-state index contributed by atoms with van der Waals surface area (Å²) in [4.78, 5) is 2.15. The zero-order valence-corrected chi connectivity index (χ0v) is 10.8. The lowest BCUT2D eigenvalue weighted by atomic mass is 10.4. The van der Waals surface area contributed by atoms with Crippen LogP contribution in [0.4, 0.5) is 0 Å². The van der Waals surface area contributed by atoms with Gasteiger partial charge in [-0.15, -0.1) is 0 Å². The number of nitriles is 2. The van der Waals surface area contributed by atoms with E-state index < -0.39 is 0 Å². The zero-order valence-electron chi connectivity index (χ0n) is 10.8. The molecular formula is C12H22N4O2. The van der Waals surface area contributed by atoms with Crippen molar-refractivity contribution in [1.82, 2.24) is 4.90 Å². The van der Waals surface area contributed by atoms with E-state index in [1.54, 1.807) is 0 Å². The molecule has 18 heavy (non-hydrogen) atoms. The molecule has 0 aliphatic carbocycles. The van der Waals surface area contributed by atoms with Gasteiger partial charge in [0, 0.05) is 26.2 Å². The Balaban J connectivity index is 3.53. The van der Waals surface area contributed by atoms with Crippen molar-refractivity contribution in [3.8, 4) is 12.1 Å². The maximum atomic E-state index is 8.35. The molecule has 0 heterocycles. The van der Waals surface area contributed by atoms with E-state index in [0.29, 0.717) is 45.8 Å². The van der Waals surface area contributed by atoms with Crippen LogP contribution in [0.15, 0.2) is 0 Å². The van der Waals surface area contributed by atoms with E-state index in [2.05, 4.69) is 4.90 Å². The summed E-state index contributed by atoms with van der Waals surface area (Å²) in [5.74, 6) is 0. The predicted molar refractivity (Wildman–Crippen MR) is 67.6 cm³/mol. The molecule has 6 heteroatoms. The molecule has 102 valence electrons. The summed E-state index contributed by atoms with van der Waals surface area (Å²) in [6.07, 6.45) is 0.850. The van der Waals surface area contributed by atoms with Crippen molar-refractivity contribution in [2.45, 2.75) is 12.8 Å². The topological polar surface area (TPSA) is 95.3 Å². The van der Waals surface area contributed by atoms with E-state index in [9.17, 15) is 0 Å². The molecule has 0 unspecified atom stereocenters. The molecule has 6 nitrogen and oxygen atoms in total. The largest absolute Gasteiger partial charge is 0.379 e. The highest BCUT2D eigenvalue weighted by Crippen LogP contribution is 1.90. The smallest absolute Gasteiger partial charge is 0.0645 e. The first-order valence-corrected chi connectivity index (χ1v) is 6.17. The Bertz CT molecular complexity index is 236. The average Bonchev–Trinajstić information content (AvgIpc) is 2.38. The Labute approximate surface area is 109 Å². The van der Waals surface area contributed by atoms with Gasteiger partial charge in [0.25, 0.3) is 0 Å². The van der Waals surface area contributed by atoms with Crippen molar-refractivity contribution in [1.29, 1.82) is 10.5 Å². The maximum Gasteiger partial charge on any atom is 0.0645 e. The number of rotatable bonds is 12. The van der Waals surface area contributed by atoms with Gasteiger partial charge in [-0.05, 0) is 0 Å². The minimum atomic E-state index is 0.425. The van der Waals surface area contributed by atoms with Gasteiger partial charge in [-0.3, -0.25) is 4.90 Å². The van der Waals surface area contributed by atoms with Crippen LogP contribution in [0.2, 0.25) is 0 Å². The highest BCUT2D eigenvalue weighted by Gasteiger charge is 2.03. The quantitative estimate of drug-likeness (QED) is 0.497. The van der Waals surface area contributed by atoms with Crippen LogP contribution in [0.3, 0.4) is 0 Å². The van der Waals surface area contributed by atoms with Gasteiger partial charge >= 0.3 is 0 Å². The summed E-state index contributed by atoms with van der Waals surface area (Å²) in [5.41, 5.74) is 5.52. The maximum absolute atomic E-state index is 8.35. The van der Waals surface area contributed by atoms with Gasteiger partial charge in [-0.25, -0.2) is 0 Å². The highest BCUT2D eigenvalue weighted by atomic mass is 16.5. The van der Waals surface area contributed by atoms with Gasteiger partial charge in [-0.1, -0.05) is 0 Å². The number of nitrogens with zero attached hydrogens (tertiary/aromatic N) is 3. The molecule has 0 aromatic heterocycles. The zero-order chi connectivity index (χ0) is 13.5. The van der Waals surface area contributed by atoms with Crippen LogP contribution in [0.25, 0.3) is 0 Å². The fourth-order valence-corrected chi connectivity index (χ4v) is 1.35. The van der Waals surface area contributed by atoms with Crippen molar-refractivity contribution in [2.75, 3.05) is 52.6 Å².